The van der Waals surface area contributed by atoms with Crippen LogP contribution >= 0.6 is 0 Å². The largest absolute Gasteiger partial charge is 0.383 e. The van der Waals surface area contributed by atoms with E-state index < -0.39 is 0 Å². The molecule has 0 aromatic carbocycles. The summed E-state index contributed by atoms with van der Waals surface area (Å²) in [5.41, 5.74) is 5.92. The van der Waals surface area contributed by atoms with Gasteiger partial charge in [-0.25, -0.2) is 0 Å². The zero-order valence-corrected chi connectivity index (χ0v) is 11.7. The number of carbonyl (C=O) groups excluding carboxylic acids is 1. The van der Waals surface area contributed by atoms with Crippen molar-refractivity contribution in [1.29, 1.82) is 0 Å². The van der Waals surface area contributed by atoms with Gasteiger partial charge in [-0.15, -0.1) is 0 Å². The lowest BCUT2D eigenvalue weighted by Gasteiger charge is -2.32. The minimum atomic E-state index is -0.363. The standard InChI is InChI=1S/C13H28N2O2/c1-5-8-12(14)13(16)15(9-10-17-4)11(6-2)7-3/h11-12H,5-10,14H2,1-4H3/t12-/m0/s1. The Kier molecular flexibility index (Phi) is 9.09. The molecule has 0 spiro atoms. The maximum atomic E-state index is 12.2. The topological polar surface area (TPSA) is 55.6 Å². The summed E-state index contributed by atoms with van der Waals surface area (Å²) >= 11 is 0. The molecule has 2 N–H and O–H groups in total. The Labute approximate surface area is 105 Å². The quantitative estimate of drug-likeness (QED) is 0.672. The second kappa shape index (κ2) is 9.42. The zero-order chi connectivity index (χ0) is 13.3. The van der Waals surface area contributed by atoms with Crippen molar-refractivity contribution in [3.63, 3.8) is 0 Å². The molecule has 0 heterocycles. The molecule has 0 aliphatic heterocycles. The summed E-state index contributed by atoms with van der Waals surface area (Å²) in [6.07, 6.45) is 3.62. The lowest BCUT2D eigenvalue weighted by molar-refractivity contribution is -0.136. The third-order valence-electron chi connectivity index (χ3n) is 3.12. The molecule has 0 aliphatic carbocycles. The summed E-state index contributed by atoms with van der Waals surface area (Å²) in [5, 5.41) is 0. The molecule has 4 heteroatoms. The van der Waals surface area contributed by atoms with Gasteiger partial charge < -0.3 is 15.4 Å². The molecule has 0 aliphatic rings. The van der Waals surface area contributed by atoms with E-state index in [9.17, 15) is 4.79 Å². The highest BCUT2D eigenvalue weighted by atomic mass is 16.5. The van der Waals surface area contributed by atoms with Gasteiger partial charge in [-0.1, -0.05) is 27.2 Å². The van der Waals surface area contributed by atoms with E-state index >= 15 is 0 Å². The molecule has 1 atom stereocenters. The summed E-state index contributed by atoms with van der Waals surface area (Å²) in [4.78, 5) is 14.1. The van der Waals surface area contributed by atoms with E-state index in [2.05, 4.69) is 13.8 Å². The van der Waals surface area contributed by atoms with Gasteiger partial charge in [0, 0.05) is 19.7 Å². The molecule has 0 saturated carbocycles. The second-order valence-electron chi connectivity index (χ2n) is 4.39. The van der Waals surface area contributed by atoms with Crippen molar-refractivity contribution in [2.24, 2.45) is 5.73 Å². The Morgan fingerprint density at radius 3 is 2.29 bits per heavy atom. The highest BCUT2D eigenvalue weighted by molar-refractivity contribution is 5.81. The maximum Gasteiger partial charge on any atom is 0.239 e. The van der Waals surface area contributed by atoms with E-state index in [1.807, 2.05) is 11.8 Å². The van der Waals surface area contributed by atoms with Gasteiger partial charge in [-0.3, -0.25) is 4.79 Å². The van der Waals surface area contributed by atoms with Gasteiger partial charge in [-0.2, -0.15) is 0 Å². The molecule has 0 fully saturated rings. The molecule has 17 heavy (non-hydrogen) atoms. The Morgan fingerprint density at radius 2 is 1.88 bits per heavy atom. The van der Waals surface area contributed by atoms with Crippen LogP contribution in [0, 0.1) is 0 Å². The predicted molar refractivity (Wildman–Crippen MR) is 70.8 cm³/mol. The van der Waals surface area contributed by atoms with Gasteiger partial charge in [0.25, 0.3) is 0 Å². The summed E-state index contributed by atoms with van der Waals surface area (Å²) in [6, 6.07) is -0.0852. The number of amides is 1. The van der Waals surface area contributed by atoms with Crippen LogP contribution in [0.5, 0.6) is 0 Å². The van der Waals surface area contributed by atoms with E-state index in [4.69, 9.17) is 10.5 Å². The first kappa shape index (κ1) is 16.4. The van der Waals surface area contributed by atoms with E-state index in [1.54, 1.807) is 7.11 Å². The van der Waals surface area contributed by atoms with Gasteiger partial charge in [0.1, 0.15) is 0 Å². The Bertz CT molecular complexity index is 206. The molecule has 102 valence electrons. The SMILES string of the molecule is CCC[C@H](N)C(=O)N(CCOC)C(CC)CC. The number of nitrogens with zero attached hydrogens (tertiary/aromatic N) is 1. The first-order valence-electron chi connectivity index (χ1n) is 6.67. The highest BCUT2D eigenvalue weighted by Crippen LogP contribution is 2.11. The van der Waals surface area contributed by atoms with Crippen LogP contribution in [0.2, 0.25) is 0 Å². The van der Waals surface area contributed by atoms with Crippen molar-refractivity contribution < 1.29 is 9.53 Å². The zero-order valence-electron chi connectivity index (χ0n) is 11.7. The molecule has 0 unspecified atom stereocenters. The molecule has 0 saturated heterocycles. The number of rotatable bonds is 9. The molecule has 4 nitrogen and oxygen atoms in total. The third-order valence-corrected chi connectivity index (χ3v) is 3.12. The Hall–Kier alpha value is -0.610. The Balaban J connectivity index is 4.58. The minimum Gasteiger partial charge on any atom is -0.383 e. The number of ether oxygens (including phenoxy) is 1. The predicted octanol–water partition coefficient (Wildman–Crippen LogP) is 1.78. The number of hydrogen-bond acceptors (Lipinski definition) is 3. The average molecular weight is 244 g/mol. The second-order valence-corrected chi connectivity index (χ2v) is 4.39. The fourth-order valence-electron chi connectivity index (χ4n) is 2.04. The van der Waals surface area contributed by atoms with Crippen LogP contribution in [0.1, 0.15) is 46.5 Å². The summed E-state index contributed by atoms with van der Waals surface area (Å²) in [5.74, 6) is 0.0672. The van der Waals surface area contributed by atoms with Crippen molar-refractivity contribution in [1.82, 2.24) is 4.90 Å². The smallest absolute Gasteiger partial charge is 0.239 e. The molecular formula is C13H28N2O2. The van der Waals surface area contributed by atoms with E-state index in [-0.39, 0.29) is 18.0 Å². The third kappa shape index (κ3) is 5.50. The minimum absolute atomic E-state index is 0.0672. The molecule has 0 bridgehead atoms. The monoisotopic (exact) mass is 244 g/mol. The van der Waals surface area contributed by atoms with Crippen LogP contribution in [0.4, 0.5) is 0 Å². The number of hydrogen-bond donors (Lipinski definition) is 1. The average Bonchev–Trinajstić information content (AvgIpc) is 2.34. The molecular weight excluding hydrogens is 216 g/mol. The first-order chi connectivity index (χ1) is 8.12. The van der Waals surface area contributed by atoms with Gasteiger partial charge in [0.05, 0.1) is 12.6 Å². The van der Waals surface area contributed by atoms with Gasteiger partial charge in [0.15, 0.2) is 0 Å². The number of methoxy groups -OCH3 is 1. The summed E-state index contributed by atoms with van der Waals surface area (Å²) in [7, 11) is 1.65. The molecule has 0 radical (unpaired) electrons. The van der Waals surface area contributed by atoms with Crippen molar-refractivity contribution in [2.75, 3.05) is 20.3 Å². The van der Waals surface area contributed by atoms with E-state index in [1.165, 1.54) is 0 Å². The van der Waals surface area contributed by atoms with Crippen molar-refractivity contribution in [3.05, 3.63) is 0 Å². The number of carbonyl (C=O) groups is 1. The summed E-state index contributed by atoms with van der Waals surface area (Å²) in [6.45, 7) is 7.46. The first-order valence-corrected chi connectivity index (χ1v) is 6.67. The van der Waals surface area contributed by atoms with Crippen molar-refractivity contribution in [3.8, 4) is 0 Å². The van der Waals surface area contributed by atoms with Crippen LogP contribution in [0.15, 0.2) is 0 Å². The Morgan fingerprint density at radius 1 is 1.29 bits per heavy atom. The number of nitrogens with two attached hydrogens (primary N) is 1. The highest BCUT2D eigenvalue weighted by Gasteiger charge is 2.24. The molecule has 0 aromatic rings. The van der Waals surface area contributed by atoms with Crippen LogP contribution in [-0.4, -0.2) is 43.2 Å². The fourth-order valence-corrected chi connectivity index (χ4v) is 2.04. The van der Waals surface area contributed by atoms with Crippen LogP contribution < -0.4 is 5.73 Å². The molecule has 1 amide bonds. The van der Waals surface area contributed by atoms with Crippen molar-refractivity contribution >= 4 is 5.91 Å². The fraction of sp³-hybridized carbons (Fsp3) is 0.923. The molecule has 0 rings (SSSR count). The van der Waals surface area contributed by atoms with Gasteiger partial charge in [0.2, 0.25) is 5.91 Å². The van der Waals surface area contributed by atoms with Crippen LogP contribution in [0.25, 0.3) is 0 Å². The molecule has 0 aromatic heterocycles. The van der Waals surface area contributed by atoms with E-state index in [0.717, 1.165) is 25.7 Å². The normalized spacial score (nSPS) is 12.8. The van der Waals surface area contributed by atoms with E-state index in [0.29, 0.717) is 13.2 Å². The van der Waals surface area contributed by atoms with Gasteiger partial charge >= 0.3 is 0 Å². The lowest BCUT2D eigenvalue weighted by Crippen LogP contribution is -2.49. The summed E-state index contributed by atoms with van der Waals surface area (Å²) < 4.78 is 5.07. The maximum absolute atomic E-state index is 12.2. The van der Waals surface area contributed by atoms with Crippen molar-refractivity contribution in [2.45, 2.75) is 58.5 Å². The van der Waals surface area contributed by atoms with Crippen LogP contribution in [0.3, 0.4) is 0 Å². The lowest BCUT2D eigenvalue weighted by atomic mass is 10.1. The van der Waals surface area contributed by atoms with Gasteiger partial charge in [-0.05, 0) is 19.3 Å². The van der Waals surface area contributed by atoms with Crippen LogP contribution in [-0.2, 0) is 9.53 Å².